The van der Waals surface area contributed by atoms with Gasteiger partial charge in [-0.05, 0) is 43.3 Å². The minimum atomic E-state index is -0.112. The second-order valence-electron chi connectivity index (χ2n) is 5.11. The largest absolute Gasteiger partial charge is 0.491 e. The summed E-state index contributed by atoms with van der Waals surface area (Å²) in [5.41, 5.74) is 2.46. The number of hydrogen-bond donors (Lipinski definition) is 1. The highest BCUT2D eigenvalue weighted by Crippen LogP contribution is 2.18. The van der Waals surface area contributed by atoms with Crippen LogP contribution in [0.25, 0.3) is 0 Å². The number of anilines is 1. The molecule has 1 saturated heterocycles. The van der Waals surface area contributed by atoms with Gasteiger partial charge in [-0.15, -0.1) is 0 Å². The lowest BCUT2D eigenvalue weighted by molar-refractivity contribution is 0.102. The van der Waals surface area contributed by atoms with E-state index < -0.39 is 0 Å². The Hall–Kier alpha value is -2.33. The number of ether oxygens (including phenoxy) is 2. The smallest absolute Gasteiger partial charge is 0.255 e. The van der Waals surface area contributed by atoms with Gasteiger partial charge >= 0.3 is 0 Å². The van der Waals surface area contributed by atoms with Gasteiger partial charge in [0.15, 0.2) is 0 Å². The first-order valence-corrected chi connectivity index (χ1v) is 6.93. The average Bonchev–Trinajstić information content (AvgIpc) is 3.31. The molecule has 0 aliphatic carbocycles. The van der Waals surface area contributed by atoms with Crippen LogP contribution in [-0.2, 0) is 4.74 Å². The van der Waals surface area contributed by atoms with Crippen LogP contribution in [0.2, 0.25) is 0 Å². The van der Waals surface area contributed by atoms with Crippen LogP contribution in [0.3, 0.4) is 0 Å². The predicted molar refractivity (Wildman–Crippen MR) is 80.8 cm³/mol. The number of benzene rings is 2. The van der Waals surface area contributed by atoms with Gasteiger partial charge in [0.25, 0.3) is 5.91 Å². The van der Waals surface area contributed by atoms with Crippen molar-refractivity contribution in [3.63, 3.8) is 0 Å². The zero-order valence-corrected chi connectivity index (χ0v) is 11.8. The Morgan fingerprint density at radius 2 is 2.05 bits per heavy atom. The summed E-state index contributed by atoms with van der Waals surface area (Å²) in [5.74, 6) is 0.665. The maximum Gasteiger partial charge on any atom is 0.255 e. The predicted octanol–water partition coefficient (Wildman–Crippen LogP) is 3.02. The summed E-state index contributed by atoms with van der Waals surface area (Å²) in [5, 5.41) is 2.87. The van der Waals surface area contributed by atoms with Gasteiger partial charge in [-0.1, -0.05) is 17.7 Å². The third-order valence-corrected chi connectivity index (χ3v) is 3.23. The van der Waals surface area contributed by atoms with Gasteiger partial charge in [0.05, 0.1) is 6.61 Å². The molecule has 0 bridgehead atoms. The molecule has 1 N–H and O–H groups in total. The molecule has 1 aliphatic heterocycles. The molecule has 1 fully saturated rings. The number of epoxide rings is 1. The van der Waals surface area contributed by atoms with Crippen molar-refractivity contribution in [1.29, 1.82) is 0 Å². The number of aryl methyl sites for hydroxylation is 1. The highest BCUT2D eigenvalue weighted by atomic mass is 16.6. The molecule has 108 valence electrons. The minimum Gasteiger partial charge on any atom is -0.491 e. The summed E-state index contributed by atoms with van der Waals surface area (Å²) in [6.45, 7) is 3.33. The van der Waals surface area contributed by atoms with E-state index in [4.69, 9.17) is 9.47 Å². The Kier molecular flexibility index (Phi) is 3.88. The minimum absolute atomic E-state index is 0.112. The van der Waals surface area contributed by atoms with Gasteiger partial charge in [-0.3, -0.25) is 4.79 Å². The van der Waals surface area contributed by atoms with E-state index in [2.05, 4.69) is 5.32 Å². The summed E-state index contributed by atoms with van der Waals surface area (Å²) in [6.07, 6.45) is 0.241. The molecule has 0 aromatic heterocycles. The monoisotopic (exact) mass is 283 g/mol. The van der Waals surface area contributed by atoms with Crippen molar-refractivity contribution in [2.45, 2.75) is 13.0 Å². The van der Waals surface area contributed by atoms with E-state index in [1.165, 1.54) is 0 Å². The van der Waals surface area contributed by atoms with Gasteiger partial charge in [0.1, 0.15) is 18.5 Å². The summed E-state index contributed by atoms with van der Waals surface area (Å²) in [4.78, 5) is 12.1. The van der Waals surface area contributed by atoms with Crippen LogP contribution in [0.15, 0.2) is 48.5 Å². The molecule has 1 aliphatic rings. The van der Waals surface area contributed by atoms with E-state index in [1.54, 1.807) is 6.07 Å². The Bertz CT molecular complexity index is 633. The van der Waals surface area contributed by atoms with Crippen LogP contribution >= 0.6 is 0 Å². The van der Waals surface area contributed by atoms with Gasteiger partial charge < -0.3 is 14.8 Å². The number of carbonyl (C=O) groups excluding carboxylic acids is 1. The zero-order valence-electron chi connectivity index (χ0n) is 11.8. The molecular formula is C17H17NO3. The first-order valence-electron chi connectivity index (χ1n) is 6.93. The lowest BCUT2D eigenvalue weighted by Gasteiger charge is -2.08. The van der Waals surface area contributed by atoms with E-state index in [0.29, 0.717) is 12.2 Å². The molecule has 1 amide bonds. The van der Waals surface area contributed by atoms with E-state index in [9.17, 15) is 4.79 Å². The van der Waals surface area contributed by atoms with Crippen molar-refractivity contribution in [2.75, 3.05) is 18.5 Å². The molecule has 1 atom stereocenters. The number of carbonyl (C=O) groups is 1. The lowest BCUT2D eigenvalue weighted by atomic mass is 10.1. The molecular weight excluding hydrogens is 266 g/mol. The number of rotatable bonds is 5. The van der Waals surface area contributed by atoms with Gasteiger partial charge in [-0.25, -0.2) is 0 Å². The molecule has 0 saturated carbocycles. The molecule has 2 aromatic rings. The standard InChI is InChI=1S/C17H17NO3/c1-12-3-2-4-13(9-12)17(19)18-14-5-7-15(8-6-14)20-10-16-11-21-16/h2-9,16H,10-11H2,1H3,(H,18,19). The summed E-state index contributed by atoms with van der Waals surface area (Å²) < 4.78 is 10.6. The first kappa shape index (κ1) is 13.6. The molecule has 21 heavy (non-hydrogen) atoms. The fraction of sp³-hybridized carbons (Fsp3) is 0.235. The molecule has 0 spiro atoms. The highest BCUT2D eigenvalue weighted by molar-refractivity contribution is 6.04. The fourth-order valence-electron chi connectivity index (χ4n) is 1.98. The van der Waals surface area contributed by atoms with Crippen molar-refractivity contribution in [1.82, 2.24) is 0 Å². The Morgan fingerprint density at radius 3 is 2.71 bits per heavy atom. The molecule has 0 radical (unpaired) electrons. The maximum atomic E-state index is 12.1. The molecule has 4 nitrogen and oxygen atoms in total. The summed E-state index contributed by atoms with van der Waals surface area (Å²) in [6, 6.07) is 14.8. The maximum absolute atomic E-state index is 12.1. The van der Waals surface area contributed by atoms with Gasteiger partial charge in [-0.2, -0.15) is 0 Å². The van der Waals surface area contributed by atoms with Crippen LogP contribution in [0.5, 0.6) is 5.75 Å². The Balaban J connectivity index is 1.60. The highest BCUT2D eigenvalue weighted by Gasteiger charge is 2.22. The van der Waals surface area contributed by atoms with Crippen LogP contribution in [0, 0.1) is 6.92 Å². The number of amides is 1. The van der Waals surface area contributed by atoms with Crippen LogP contribution < -0.4 is 10.1 Å². The summed E-state index contributed by atoms with van der Waals surface area (Å²) >= 11 is 0. The van der Waals surface area contributed by atoms with Crippen molar-refractivity contribution < 1.29 is 14.3 Å². The molecule has 4 heteroatoms. The van der Waals surface area contributed by atoms with E-state index in [0.717, 1.165) is 23.6 Å². The van der Waals surface area contributed by atoms with Crippen molar-refractivity contribution in [2.24, 2.45) is 0 Å². The van der Waals surface area contributed by atoms with Gasteiger partial charge in [0.2, 0.25) is 0 Å². The van der Waals surface area contributed by atoms with E-state index in [-0.39, 0.29) is 12.0 Å². The van der Waals surface area contributed by atoms with E-state index >= 15 is 0 Å². The molecule has 1 heterocycles. The summed E-state index contributed by atoms with van der Waals surface area (Å²) in [7, 11) is 0. The SMILES string of the molecule is Cc1cccc(C(=O)Nc2ccc(OCC3CO3)cc2)c1. The third kappa shape index (κ3) is 3.83. The first-order chi connectivity index (χ1) is 10.2. The van der Waals surface area contributed by atoms with Crippen molar-refractivity contribution >= 4 is 11.6 Å². The fourth-order valence-corrected chi connectivity index (χ4v) is 1.98. The topological polar surface area (TPSA) is 50.9 Å². The van der Waals surface area contributed by atoms with Gasteiger partial charge in [0, 0.05) is 11.3 Å². The van der Waals surface area contributed by atoms with Crippen molar-refractivity contribution in [3.05, 3.63) is 59.7 Å². The molecule has 2 aromatic carbocycles. The van der Waals surface area contributed by atoms with Crippen LogP contribution in [0.1, 0.15) is 15.9 Å². The third-order valence-electron chi connectivity index (χ3n) is 3.23. The second-order valence-corrected chi connectivity index (χ2v) is 5.11. The quantitative estimate of drug-likeness (QED) is 0.858. The number of hydrogen-bond acceptors (Lipinski definition) is 3. The number of nitrogens with one attached hydrogen (secondary N) is 1. The van der Waals surface area contributed by atoms with E-state index in [1.807, 2.05) is 49.4 Å². The molecule has 1 unspecified atom stereocenters. The Morgan fingerprint density at radius 1 is 1.29 bits per heavy atom. The second kappa shape index (κ2) is 5.97. The van der Waals surface area contributed by atoms with Crippen LogP contribution in [0.4, 0.5) is 5.69 Å². The van der Waals surface area contributed by atoms with Crippen LogP contribution in [-0.4, -0.2) is 25.2 Å². The zero-order chi connectivity index (χ0) is 14.7. The normalized spacial score (nSPS) is 16.3. The molecule has 3 rings (SSSR count). The average molecular weight is 283 g/mol. The Labute approximate surface area is 123 Å². The van der Waals surface area contributed by atoms with Crippen molar-refractivity contribution in [3.8, 4) is 5.75 Å². The lowest BCUT2D eigenvalue weighted by Crippen LogP contribution is -2.12.